The van der Waals surface area contributed by atoms with Crippen LogP contribution in [0, 0.1) is 22.7 Å². The molecule has 0 bridgehead atoms. The molecular weight excluding hydrogens is 681 g/mol. The second-order valence-electron chi connectivity index (χ2n) is 14.3. The van der Waals surface area contributed by atoms with Gasteiger partial charge in [0, 0.05) is 54.8 Å². The van der Waals surface area contributed by atoms with E-state index in [0.717, 1.165) is 44.7 Å². The van der Waals surface area contributed by atoms with Crippen molar-refractivity contribution >= 4 is 65.2 Å². The van der Waals surface area contributed by atoms with Gasteiger partial charge in [0.1, 0.15) is 0 Å². The molecular formula is C52H30N4. The van der Waals surface area contributed by atoms with Gasteiger partial charge in [0.2, 0.25) is 0 Å². The van der Waals surface area contributed by atoms with E-state index in [1.165, 1.54) is 54.1 Å². The zero-order valence-electron chi connectivity index (χ0n) is 30.1. The summed E-state index contributed by atoms with van der Waals surface area (Å²) < 4.78 is 4.66. The van der Waals surface area contributed by atoms with E-state index in [0.29, 0.717) is 11.1 Å². The monoisotopic (exact) mass is 710 g/mol. The van der Waals surface area contributed by atoms with Gasteiger partial charge in [0.05, 0.1) is 45.3 Å². The molecule has 0 atom stereocenters. The van der Waals surface area contributed by atoms with E-state index in [9.17, 15) is 10.5 Å². The van der Waals surface area contributed by atoms with Gasteiger partial charge in [0.25, 0.3) is 0 Å². The predicted molar refractivity (Wildman–Crippen MR) is 230 cm³/mol. The quantitative estimate of drug-likeness (QED) is 0.183. The minimum Gasteiger partial charge on any atom is -0.309 e. The Bertz CT molecular complexity index is 3240. The van der Waals surface area contributed by atoms with Crippen molar-refractivity contribution in [2.24, 2.45) is 0 Å². The van der Waals surface area contributed by atoms with Crippen molar-refractivity contribution in [1.82, 2.24) is 9.13 Å². The number of aromatic nitrogens is 2. The van der Waals surface area contributed by atoms with Crippen LogP contribution in [0.2, 0.25) is 0 Å². The summed E-state index contributed by atoms with van der Waals surface area (Å²) in [6.07, 6.45) is 0. The molecule has 0 saturated heterocycles. The van der Waals surface area contributed by atoms with E-state index >= 15 is 0 Å². The third-order valence-corrected chi connectivity index (χ3v) is 11.4. The largest absolute Gasteiger partial charge is 0.309 e. The molecule has 2 aromatic heterocycles. The van der Waals surface area contributed by atoms with Crippen LogP contribution in [-0.2, 0) is 0 Å². The van der Waals surface area contributed by atoms with Gasteiger partial charge in [-0.15, -0.1) is 0 Å². The van der Waals surface area contributed by atoms with Crippen LogP contribution in [0.25, 0.3) is 98.8 Å². The summed E-state index contributed by atoms with van der Waals surface area (Å²) in [7, 11) is 0. The molecule has 4 nitrogen and oxygen atoms in total. The van der Waals surface area contributed by atoms with Gasteiger partial charge < -0.3 is 9.13 Å². The Morgan fingerprint density at radius 1 is 0.339 bits per heavy atom. The van der Waals surface area contributed by atoms with Gasteiger partial charge in [-0.05, 0) is 70.4 Å². The molecule has 0 N–H and O–H groups in total. The Balaban J connectivity index is 1.00. The van der Waals surface area contributed by atoms with Gasteiger partial charge >= 0.3 is 0 Å². The molecule has 258 valence electrons. The second kappa shape index (κ2) is 12.3. The summed E-state index contributed by atoms with van der Waals surface area (Å²) >= 11 is 0. The molecule has 0 unspecified atom stereocenters. The lowest BCUT2D eigenvalue weighted by Gasteiger charge is -2.14. The van der Waals surface area contributed by atoms with Gasteiger partial charge in [-0.1, -0.05) is 133 Å². The number of hydrogen-bond acceptors (Lipinski definition) is 2. The lowest BCUT2D eigenvalue weighted by molar-refractivity contribution is 1.19. The zero-order chi connectivity index (χ0) is 37.3. The summed E-state index contributed by atoms with van der Waals surface area (Å²) in [4.78, 5) is 0. The number of nitriles is 2. The average molecular weight is 711 g/mol. The smallest absolute Gasteiger partial charge is 0.0998 e. The first kappa shape index (κ1) is 31.6. The third kappa shape index (κ3) is 4.64. The second-order valence-corrected chi connectivity index (χ2v) is 14.3. The van der Waals surface area contributed by atoms with Crippen LogP contribution in [0.5, 0.6) is 0 Å². The van der Waals surface area contributed by atoms with Gasteiger partial charge in [-0.2, -0.15) is 10.5 Å². The fraction of sp³-hybridized carbons (Fsp3) is 0. The molecule has 0 aliphatic rings. The fourth-order valence-corrected chi connectivity index (χ4v) is 8.84. The van der Waals surface area contributed by atoms with Crippen molar-refractivity contribution < 1.29 is 0 Å². The molecule has 0 saturated carbocycles. The Morgan fingerprint density at radius 2 is 0.714 bits per heavy atom. The van der Waals surface area contributed by atoms with Crippen molar-refractivity contribution in [1.29, 1.82) is 10.5 Å². The summed E-state index contributed by atoms with van der Waals surface area (Å²) in [5.41, 5.74) is 11.0. The van der Waals surface area contributed by atoms with Crippen molar-refractivity contribution in [3.8, 4) is 45.8 Å². The van der Waals surface area contributed by atoms with Gasteiger partial charge in [0.15, 0.2) is 0 Å². The normalized spacial score (nSPS) is 11.5. The van der Waals surface area contributed by atoms with E-state index in [1.807, 2.05) is 12.1 Å². The Morgan fingerprint density at radius 3 is 1.12 bits per heavy atom. The molecule has 9 aromatic carbocycles. The number of para-hydroxylation sites is 2. The van der Waals surface area contributed by atoms with Crippen LogP contribution in [0.1, 0.15) is 11.1 Å². The van der Waals surface area contributed by atoms with Crippen LogP contribution in [0.4, 0.5) is 0 Å². The number of fused-ring (bicyclic) bond motifs is 10. The minimum atomic E-state index is 0.521. The summed E-state index contributed by atoms with van der Waals surface area (Å²) in [5.74, 6) is 0. The highest BCUT2D eigenvalue weighted by Crippen LogP contribution is 2.40. The molecule has 11 rings (SSSR count). The maximum absolute atomic E-state index is 10.5. The highest BCUT2D eigenvalue weighted by Gasteiger charge is 2.18. The molecule has 56 heavy (non-hydrogen) atoms. The zero-order valence-corrected chi connectivity index (χ0v) is 30.1. The first-order valence-electron chi connectivity index (χ1n) is 18.7. The molecule has 4 heteroatoms. The summed E-state index contributed by atoms with van der Waals surface area (Å²) in [6, 6.07) is 68.2. The number of rotatable bonds is 4. The maximum atomic E-state index is 10.5. The molecule has 0 aliphatic heterocycles. The topological polar surface area (TPSA) is 57.4 Å². The first-order valence-corrected chi connectivity index (χ1v) is 18.7. The molecule has 0 fully saturated rings. The van der Waals surface area contributed by atoms with Crippen LogP contribution in [0.15, 0.2) is 182 Å². The number of nitrogens with zero attached hydrogens (tertiary/aromatic N) is 4. The number of hydrogen-bond donors (Lipinski definition) is 0. The van der Waals surface area contributed by atoms with Crippen LogP contribution >= 0.6 is 0 Å². The average Bonchev–Trinajstić information content (AvgIpc) is 3.80. The van der Waals surface area contributed by atoms with E-state index < -0.39 is 0 Å². The minimum absolute atomic E-state index is 0.521. The van der Waals surface area contributed by atoms with Crippen LogP contribution < -0.4 is 0 Å². The van der Waals surface area contributed by atoms with Gasteiger partial charge in [-0.25, -0.2) is 0 Å². The number of benzene rings is 9. The summed E-state index contributed by atoms with van der Waals surface area (Å²) in [5, 5.41) is 30.6. The van der Waals surface area contributed by atoms with Gasteiger partial charge in [-0.3, -0.25) is 0 Å². The predicted octanol–water partition coefficient (Wildman–Crippen LogP) is 13.3. The van der Waals surface area contributed by atoms with Crippen molar-refractivity contribution in [2.45, 2.75) is 0 Å². The molecule has 11 aromatic rings. The lowest BCUT2D eigenvalue weighted by atomic mass is 9.91. The first-order chi connectivity index (χ1) is 27.7. The van der Waals surface area contributed by atoms with E-state index in [-0.39, 0.29) is 0 Å². The molecule has 0 amide bonds. The highest BCUT2D eigenvalue weighted by molar-refractivity contribution is 6.19. The van der Waals surface area contributed by atoms with Crippen LogP contribution in [-0.4, -0.2) is 9.13 Å². The standard InChI is InChI=1S/C52H30N4/c53-31-37-30-48(36-19-25-40(26-20-36)56-50-16-8-6-14-44(50)46-28-22-34-10-2-4-12-42(34)52(46)56)38(32-54)29-47(37)35-17-23-39(24-18-35)55-49-15-7-5-13-43(49)45-27-21-33-9-1-3-11-41(33)51(45)55/h1-30H. The molecule has 0 radical (unpaired) electrons. The summed E-state index contributed by atoms with van der Waals surface area (Å²) in [6.45, 7) is 0. The Labute approximate surface area is 322 Å². The third-order valence-electron chi connectivity index (χ3n) is 11.4. The Kier molecular flexibility index (Phi) is 6.95. The molecule has 0 spiro atoms. The van der Waals surface area contributed by atoms with E-state index in [4.69, 9.17) is 0 Å². The van der Waals surface area contributed by atoms with Crippen molar-refractivity contribution in [3.63, 3.8) is 0 Å². The van der Waals surface area contributed by atoms with E-state index in [2.05, 4.69) is 191 Å². The van der Waals surface area contributed by atoms with E-state index in [1.54, 1.807) is 0 Å². The van der Waals surface area contributed by atoms with Crippen molar-refractivity contribution in [2.75, 3.05) is 0 Å². The highest BCUT2D eigenvalue weighted by atomic mass is 15.0. The maximum Gasteiger partial charge on any atom is 0.0998 e. The Hall–Kier alpha value is -7.92. The van der Waals surface area contributed by atoms with Crippen LogP contribution in [0.3, 0.4) is 0 Å². The van der Waals surface area contributed by atoms with Crippen molar-refractivity contribution in [3.05, 3.63) is 193 Å². The fourth-order valence-electron chi connectivity index (χ4n) is 8.84. The SMILES string of the molecule is N#Cc1cc(-c2ccc(-n3c4ccccc4c4ccc5ccccc5c43)cc2)c(C#N)cc1-c1ccc(-n2c3ccccc3c3ccc4ccccc4c32)cc1. The lowest BCUT2D eigenvalue weighted by Crippen LogP contribution is -1.96. The molecule has 2 heterocycles. The molecule has 0 aliphatic carbocycles.